The quantitative estimate of drug-likeness (QED) is 0.625. The first-order valence-electron chi connectivity index (χ1n) is 3.59. The maximum Gasteiger partial charge on any atom is 0.118 e. The van der Waals surface area contributed by atoms with E-state index in [0.717, 1.165) is 18.8 Å². The van der Waals surface area contributed by atoms with Crippen LogP contribution in [0.4, 0.5) is 0 Å². The Kier molecular flexibility index (Phi) is 1.42. The third-order valence-electron chi connectivity index (χ3n) is 2.06. The number of aryl methyl sites for hydroxylation is 1. The summed E-state index contributed by atoms with van der Waals surface area (Å²) in [6, 6.07) is 0. The average molecular weight is 167 g/mol. The van der Waals surface area contributed by atoms with Crippen LogP contribution < -0.4 is 5.73 Å². The highest BCUT2D eigenvalue weighted by Gasteiger charge is 2.25. The minimum atomic E-state index is 0.208. The molecule has 1 unspecified atom stereocenters. The molecule has 1 aromatic rings. The first-order chi connectivity index (χ1) is 5.29. The van der Waals surface area contributed by atoms with Crippen LogP contribution in [0.25, 0.3) is 0 Å². The number of rotatable bonds is 1. The molecule has 0 radical (unpaired) electrons. The third kappa shape index (κ3) is 0.939. The number of hydrogen-bond acceptors (Lipinski definition) is 2. The molecule has 4 heteroatoms. The van der Waals surface area contributed by atoms with E-state index in [-0.39, 0.29) is 5.92 Å². The summed E-state index contributed by atoms with van der Waals surface area (Å²) >= 11 is 4.92. The molecule has 2 heterocycles. The van der Waals surface area contributed by atoms with Crippen molar-refractivity contribution in [2.45, 2.75) is 18.9 Å². The Hall–Kier alpha value is -0.900. The number of nitrogens with zero attached hydrogens (tertiary/aromatic N) is 2. The number of imidazole rings is 1. The van der Waals surface area contributed by atoms with Gasteiger partial charge in [-0.3, -0.25) is 0 Å². The van der Waals surface area contributed by atoms with Crippen molar-refractivity contribution in [2.24, 2.45) is 5.73 Å². The number of aromatic nitrogens is 2. The summed E-state index contributed by atoms with van der Waals surface area (Å²) in [6.45, 7) is 0.997. The van der Waals surface area contributed by atoms with Gasteiger partial charge in [-0.2, -0.15) is 0 Å². The topological polar surface area (TPSA) is 43.8 Å². The summed E-state index contributed by atoms with van der Waals surface area (Å²) < 4.78 is 2.10. The van der Waals surface area contributed by atoms with Crippen molar-refractivity contribution >= 4 is 17.2 Å². The molecule has 11 heavy (non-hydrogen) atoms. The molecular formula is C7H9N3S. The van der Waals surface area contributed by atoms with Crippen LogP contribution in [-0.2, 0) is 6.54 Å². The molecule has 3 nitrogen and oxygen atoms in total. The highest BCUT2D eigenvalue weighted by atomic mass is 32.1. The molecule has 0 saturated heterocycles. The van der Waals surface area contributed by atoms with Crippen LogP contribution in [0.2, 0.25) is 0 Å². The van der Waals surface area contributed by atoms with Crippen molar-refractivity contribution < 1.29 is 0 Å². The van der Waals surface area contributed by atoms with E-state index in [2.05, 4.69) is 9.55 Å². The van der Waals surface area contributed by atoms with Gasteiger partial charge in [0.25, 0.3) is 0 Å². The molecule has 0 aromatic carbocycles. The van der Waals surface area contributed by atoms with E-state index in [9.17, 15) is 0 Å². The van der Waals surface area contributed by atoms with Crippen molar-refractivity contribution in [3.8, 4) is 0 Å². The number of thiocarbonyl (C=S) groups is 1. The summed E-state index contributed by atoms with van der Waals surface area (Å²) in [5.41, 5.74) is 5.55. The Morgan fingerprint density at radius 3 is 3.36 bits per heavy atom. The second-order valence-corrected chi connectivity index (χ2v) is 3.19. The molecule has 0 aliphatic carbocycles. The Bertz CT molecular complexity index is 292. The molecule has 1 aliphatic heterocycles. The Morgan fingerprint density at radius 2 is 2.64 bits per heavy atom. The van der Waals surface area contributed by atoms with Gasteiger partial charge in [-0.05, 0) is 6.42 Å². The molecule has 2 N–H and O–H groups in total. The van der Waals surface area contributed by atoms with E-state index in [4.69, 9.17) is 18.0 Å². The summed E-state index contributed by atoms with van der Waals surface area (Å²) in [6.07, 6.45) is 4.77. The van der Waals surface area contributed by atoms with Crippen LogP contribution in [-0.4, -0.2) is 14.5 Å². The van der Waals surface area contributed by atoms with Gasteiger partial charge in [0, 0.05) is 18.9 Å². The van der Waals surface area contributed by atoms with Gasteiger partial charge in [0.15, 0.2) is 0 Å². The zero-order valence-electron chi connectivity index (χ0n) is 6.03. The molecule has 2 rings (SSSR count). The van der Waals surface area contributed by atoms with Crippen LogP contribution >= 0.6 is 12.2 Å². The van der Waals surface area contributed by atoms with Gasteiger partial charge < -0.3 is 10.3 Å². The summed E-state index contributed by atoms with van der Waals surface area (Å²) in [5, 5.41) is 0. The van der Waals surface area contributed by atoms with Crippen molar-refractivity contribution in [2.75, 3.05) is 0 Å². The highest BCUT2D eigenvalue weighted by Crippen LogP contribution is 2.25. The molecule has 0 saturated carbocycles. The predicted octanol–water partition coefficient (Wildman–Crippen LogP) is 0.657. The normalized spacial score (nSPS) is 21.6. The van der Waals surface area contributed by atoms with Crippen molar-refractivity contribution in [1.82, 2.24) is 9.55 Å². The number of fused-ring (bicyclic) bond motifs is 1. The van der Waals surface area contributed by atoms with Crippen molar-refractivity contribution in [3.05, 3.63) is 18.2 Å². The lowest BCUT2D eigenvalue weighted by Crippen LogP contribution is -2.17. The van der Waals surface area contributed by atoms with Gasteiger partial charge >= 0.3 is 0 Å². The Morgan fingerprint density at radius 1 is 1.82 bits per heavy atom. The van der Waals surface area contributed by atoms with E-state index >= 15 is 0 Å². The Labute approximate surface area is 70.2 Å². The molecular weight excluding hydrogens is 158 g/mol. The fourth-order valence-corrected chi connectivity index (χ4v) is 1.71. The van der Waals surface area contributed by atoms with Gasteiger partial charge in [-0.15, -0.1) is 0 Å². The highest BCUT2D eigenvalue weighted by molar-refractivity contribution is 7.80. The molecule has 1 atom stereocenters. The maximum atomic E-state index is 5.55. The molecule has 1 aliphatic rings. The summed E-state index contributed by atoms with van der Waals surface area (Å²) in [4.78, 5) is 4.76. The minimum Gasteiger partial charge on any atom is -0.393 e. The number of hydrogen-bond donors (Lipinski definition) is 1. The van der Waals surface area contributed by atoms with E-state index in [1.54, 1.807) is 6.20 Å². The number of nitrogens with two attached hydrogens (primary N) is 1. The van der Waals surface area contributed by atoms with Gasteiger partial charge in [-0.25, -0.2) is 4.98 Å². The smallest absolute Gasteiger partial charge is 0.118 e. The molecule has 0 spiro atoms. The molecule has 0 amide bonds. The summed E-state index contributed by atoms with van der Waals surface area (Å²) in [5.74, 6) is 1.23. The SMILES string of the molecule is NC(=S)C1CCn2ccnc21. The van der Waals surface area contributed by atoms with E-state index in [1.165, 1.54) is 0 Å². The van der Waals surface area contributed by atoms with Crippen LogP contribution in [0.5, 0.6) is 0 Å². The van der Waals surface area contributed by atoms with Gasteiger partial charge in [0.2, 0.25) is 0 Å². The van der Waals surface area contributed by atoms with Crippen LogP contribution in [0.15, 0.2) is 12.4 Å². The molecule has 58 valence electrons. The van der Waals surface area contributed by atoms with Gasteiger partial charge in [0.05, 0.1) is 10.9 Å². The van der Waals surface area contributed by atoms with E-state index in [1.807, 2.05) is 6.20 Å². The predicted molar refractivity (Wildman–Crippen MR) is 46.4 cm³/mol. The zero-order valence-corrected chi connectivity index (χ0v) is 6.84. The first kappa shape index (κ1) is 6.79. The van der Waals surface area contributed by atoms with Gasteiger partial charge in [0.1, 0.15) is 5.82 Å². The van der Waals surface area contributed by atoms with E-state index < -0.39 is 0 Å². The van der Waals surface area contributed by atoms with Crippen molar-refractivity contribution in [1.29, 1.82) is 0 Å². The van der Waals surface area contributed by atoms with E-state index in [0.29, 0.717) is 4.99 Å². The Balaban J connectivity index is 2.38. The standard InChI is InChI=1S/C7H9N3S/c8-6(11)5-1-3-10-4-2-9-7(5)10/h2,4-5H,1,3H2,(H2,8,11). The summed E-state index contributed by atoms with van der Waals surface area (Å²) in [7, 11) is 0. The third-order valence-corrected chi connectivity index (χ3v) is 2.35. The monoisotopic (exact) mass is 167 g/mol. The van der Waals surface area contributed by atoms with Crippen LogP contribution in [0.3, 0.4) is 0 Å². The first-order valence-corrected chi connectivity index (χ1v) is 4.00. The molecule has 0 bridgehead atoms. The molecule has 1 aromatic heterocycles. The minimum absolute atomic E-state index is 0.208. The lowest BCUT2D eigenvalue weighted by Gasteiger charge is -2.03. The second kappa shape index (κ2) is 2.30. The molecule has 0 fully saturated rings. The maximum absolute atomic E-state index is 5.55. The van der Waals surface area contributed by atoms with Gasteiger partial charge in [-0.1, -0.05) is 12.2 Å². The lowest BCUT2D eigenvalue weighted by atomic mass is 10.1. The fourth-order valence-electron chi connectivity index (χ4n) is 1.49. The lowest BCUT2D eigenvalue weighted by molar-refractivity contribution is 0.739. The van der Waals surface area contributed by atoms with Crippen molar-refractivity contribution in [3.63, 3.8) is 0 Å². The fraction of sp³-hybridized carbons (Fsp3) is 0.429. The largest absolute Gasteiger partial charge is 0.393 e. The average Bonchev–Trinajstić information content (AvgIpc) is 2.41. The van der Waals surface area contributed by atoms with Crippen LogP contribution in [0, 0.1) is 0 Å². The second-order valence-electron chi connectivity index (χ2n) is 2.72. The zero-order chi connectivity index (χ0) is 7.84. The van der Waals surface area contributed by atoms with Crippen LogP contribution in [0.1, 0.15) is 18.2 Å².